The Morgan fingerprint density at radius 2 is 1.04 bits per heavy atom. The molecule has 6 aromatic rings. The van der Waals surface area contributed by atoms with Crippen LogP contribution in [0.2, 0.25) is 0 Å². The number of carbonyl (C=O) groups is 2. The molecule has 0 saturated carbocycles. The Labute approximate surface area is 268 Å². The molecule has 6 rings (SSSR count). The SMILES string of the molecule is CC(C)(C)C(=O)OC(c1ccc2sc3ccccc3c2c1)c1ccccc1C(OC(=O)C(C)(C)C)c1cccc2ccccc12. The van der Waals surface area contributed by atoms with Crippen molar-refractivity contribution in [3.05, 3.63) is 131 Å². The molecular formula is C40H38O4S. The summed E-state index contributed by atoms with van der Waals surface area (Å²) in [7, 11) is 0. The molecule has 45 heavy (non-hydrogen) atoms. The molecule has 0 amide bonds. The molecule has 1 aromatic heterocycles. The molecule has 4 nitrogen and oxygen atoms in total. The van der Waals surface area contributed by atoms with Gasteiger partial charge in [0.2, 0.25) is 0 Å². The first kappa shape index (κ1) is 30.5. The minimum Gasteiger partial charge on any atom is -0.452 e. The fourth-order valence-electron chi connectivity index (χ4n) is 5.55. The van der Waals surface area contributed by atoms with Gasteiger partial charge >= 0.3 is 11.9 Å². The molecule has 228 valence electrons. The van der Waals surface area contributed by atoms with E-state index in [0.29, 0.717) is 0 Å². The average molecular weight is 615 g/mol. The normalized spacial score (nSPS) is 13.6. The van der Waals surface area contributed by atoms with Gasteiger partial charge in [-0.25, -0.2) is 0 Å². The Hall–Kier alpha value is -4.48. The third kappa shape index (κ3) is 6.10. The summed E-state index contributed by atoms with van der Waals surface area (Å²) in [6.45, 7) is 11.1. The van der Waals surface area contributed by atoms with Crippen LogP contribution < -0.4 is 0 Å². The topological polar surface area (TPSA) is 52.6 Å². The molecule has 0 N–H and O–H groups in total. The predicted octanol–water partition coefficient (Wildman–Crippen LogP) is 10.6. The highest BCUT2D eigenvalue weighted by molar-refractivity contribution is 7.25. The van der Waals surface area contributed by atoms with E-state index < -0.39 is 23.0 Å². The molecular weight excluding hydrogens is 577 g/mol. The molecule has 5 aromatic carbocycles. The van der Waals surface area contributed by atoms with Crippen molar-refractivity contribution in [3.8, 4) is 0 Å². The van der Waals surface area contributed by atoms with Gasteiger partial charge < -0.3 is 9.47 Å². The predicted molar refractivity (Wildman–Crippen MR) is 185 cm³/mol. The first-order valence-corrected chi connectivity index (χ1v) is 16.1. The number of carbonyl (C=O) groups excluding carboxylic acids is 2. The van der Waals surface area contributed by atoms with Crippen molar-refractivity contribution in [2.75, 3.05) is 0 Å². The van der Waals surface area contributed by atoms with E-state index in [1.54, 1.807) is 11.3 Å². The third-order valence-electron chi connectivity index (χ3n) is 8.04. The minimum absolute atomic E-state index is 0.314. The Morgan fingerprint density at radius 3 is 1.73 bits per heavy atom. The zero-order chi connectivity index (χ0) is 31.9. The highest BCUT2D eigenvalue weighted by Crippen LogP contribution is 2.42. The fourth-order valence-corrected chi connectivity index (χ4v) is 6.63. The second-order valence-electron chi connectivity index (χ2n) is 13.6. The van der Waals surface area contributed by atoms with E-state index >= 15 is 0 Å². The van der Waals surface area contributed by atoms with Crippen molar-refractivity contribution >= 4 is 54.2 Å². The van der Waals surface area contributed by atoms with Gasteiger partial charge in [0, 0.05) is 36.9 Å². The van der Waals surface area contributed by atoms with Gasteiger partial charge in [0.15, 0.2) is 12.2 Å². The smallest absolute Gasteiger partial charge is 0.312 e. The zero-order valence-electron chi connectivity index (χ0n) is 26.6. The van der Waals surface area contributed by atoms with E-state index in [0.717, 1.165) is 38.4 Å². The monoisotopic (exact) mass is 614 g/mol. The second kappa shape index (κ2) is 11.8. The number of ether oxygens (including phenoxy) is 2. The van der Waals surface area contributed by atoms with Crippen LogP contribution in [0.1, 0.15) is 76.0 Å². The Balaban J connectivity index is 1.57. The van der Waals surface area contributed by atoms with Crippen LogP contribution in [-0.4, -0.2) is 11.9 Å². The molecule has 0 aliphatic heterocycles. The molecule has 5 heteroatoms. The van der Waals surface area contributed by atoms with Crippen molar-refractivity contribution in [1.82, 2.24) is 0 Å². The molecule has 2 atom stereocenters. The van der Waals surface area contributed by atoms with Crippen LogP contribution in [0.3, 0.4) is 0 Å². The first-order valence-electron chi connectivity index (χ1n) is 15.3. The summed E-state index contributed by atoms with van der Waals surface area (Å²) < 4.78 is 15.2. The number of esters is 2. The van der Waals surface area contributed by atoms with Crippen molar-refractivity contribution in [2.45, 2.75) is 53.8 Å². The van der Waals surface area contributed by atoms with E-state index in [4.69, 9.17) is 9.47 Å². The van der Waals surface area contributed by atoms with E-state index in [2.05, 4.69) is 48.5 Å². The van der Waals surface area contributed by atoms with Crippen LogP contribution in [0.25, 0.3) is 30.9 Å². The van der Waals surface area contributed by atoms with Crippen molar-refractivity contribution in [3.63, 3.8) is 0 Å². The molecule has 2 unspecified atom stereocenters. The lowest BCUT2D eigenvalue weighted by Gasteiger charge is -2.30. The highest BCUT2D eigenvalue weighted by Gasteiger charge is 2.34. The summed E-state index contributed by atoms with van der Waals surface area (Å²) in [4.78, 5) is 27.1. The number of hydrogen-bond donors (Lipinski definition) is 0. The molecule has 0 radical (unpaired) electrons. The van der Waals surface area contributed by atoms with Gasteiger partial charge in [0.25, 0.3) is 0 Å². The molecule has 0 fully saturated rings. The summed E-state index contributed by atoms with van der Waals surface area (Å²) in [5, 5.41) is 4.33. The maximum atomic E-state index is 13.6. The number of thiophene rings is 1. The van der Waals surface area contributed by atoms with Gasteiger partial charge in [-0.3, -0.25) is 9.59 Å². The summed E-state index contributed by atoms with van der Waals surface area (Å²) in [6, 6.07) is 36.7. The van der Waals surface area contributed by atoms with Crippen LogP contribution in [0.15, 0.2) is 109 Å². The Bertz CT molecular complexity index is 2030. The quantitative estimate of drug-likeness (QED) is 0.175. The zero-order valence-corrected chi connectivity index (χ0v) is 27.4. The average Bonchev–Trinajstić information content (AvgIpc) is 3.39. The van der Waals surface area contributed by atoms with Gasteiger partial charge in [-0.15, -0.1) is 11.3 Å². The maximum absolute atomic E-state index is 13.6. The van der Waals surface area contributed by atoms with Crippen molar-refractivity contribution in [1.29, 1.82) is 0 Å². The molecule has 0 bridgehead atoms. The summed E-state index contributed by atoms with van der Waals surface area (Å²) in [5.74, 6) is -0.629. The lowest BCUT2D eigenvalue weighted by molar-refractivity contribution is -0.158. The lowest BCUT2D eigenvalue weighted by atomic mass is 9.88. The fraction of sp³-hybridized carbons (Fsp3) is 0.250. The number of benzene rings is 5. The first-order chi connectivity index (χ1) is 21.4. The third-order valence-corrected chi connectivity index (χ3v) is 9.20. The molecule has 0 aliphatic carbocycles. The largest absolute Gasteiger partial charge is 0.452 e. The minimum atomic E-state index is -0.736. The molecule has 0 aliphatic rings. The van der Waals surface area contributed by atoms with Crippen LogP contribution in [0.4, 0.5) is 0 Å². The number of fused-ring (bicyclic) bond motifs is 4. The Kier molecular flexibility index (Phi) is 8.00. The summed E-state index contributed by atoms with van der Waals surface area (Å²) >= 11 is 1.75. The van der Waals surface area contributed by atoms with Crippen molar-refractivity contribution in [2.24, 2.45) is 10.8 Å². The van der Waals surface area contributed by atoms with Crippen LogP contribution in [0, 0.1) is 10.8 Å². The van der Waals surface area contributed by atoms with Gasteiger partial charge in [-0.2, -0.15) is 0 Å². The van der Waals surface area contributed by atoms with E-state index in [-0.39, 0.29) is 11.9 Å². The van der Waals surface area contributed by atoms with Crippen molar-refractivity contribution < 1.29 is 19.1 Å². The van der Waals surface area contributed by atoms with Crippen LogP contribution in [0.5, 0.6) is 0 Å². The molecule has 0 saturated heterocycles. The molecule has 1 heterocycles. The van der Waals surface area contributed by atoms with Gasteiger partial charge in [-0.1, -0.05) is 91.0 Å². The van der Waals surface area contributed by atoms with Gasteiger partial charge in [0.1, 0.15) is 0 Å². The molecule has 0 spiro atoms. The van der Waals surface area contributed by atoms with E-state index in [9.17, 15) is 9.59 Å². The Morgan fingerprint density at radius 1 is 0.533 bits per heavy atom. The summed E-state index contributed by atoms with van der Waals surface area (Å²) in [5.41, 5.74) is 1.83. The van der Waals surface area contributed by atoms with Gasteiger partial charge in [-0.05, 0) is 76.1 Å². The maximum Gasteiger partial charge on any atom is 0.312 e. The van der Waals surface area contributed by atoms with Crippen LogP contribution >= 0.6 is 11.3 Å². The highest BCUT2D eigenvalue weighted by atomic mass is 32.1. The van der Waals surface area contributed by atoms with Gasteiger partial charge in [0.05, 0.1) is 10.8 Å². The van der Waals surface area contributed by atoms with E-state index in [1.807, 2.05) is 102 Å². The van der Waals surface area contributed by atoms with Crippen LogP contribution in [-0.2, 0) is 19.1 Å². The number of hydrogen-bond acceptors (Lipinski definition) is 5. The van der Waals surface area contributed by atoms with E-state index in [1.165, 1.54) is 14.8 Å². The standard InChI is InChI=1S/C40H38O4S/c1-39(2,3)37(41)43-35(26-22-23-34-32(24-26)28-17-11-12-21-33(28)45-34)30-18-9-10-19-31(30)36(44-38(42)40(4,5)6)29-20-13-15-25-14-7-8-16-27(25)29/h7-24,35-36H,1-6H3. The lowest BCUT2D eigenvalue weighted by Crippen LogP contribution is -2.28. The second-order valence-corrected chi connectivity index (χ2v) is 14.7. The summed E-state index contributed by atoms with van der Waals surface area (Å²) in [6.07, 6.45) is -1.47. The number of rotatable bonds is 6.